The molecule has 1 aromatic heterocycles. The van der Waals surface area contributed by atoms with Crippen molar-refractivity contribution in [3.8, 4) is 0 Å². The molecule has 2 amide bonds. The predicted octanol–water partition coefficient (Wildman–Crippen LogP) is 2.45. The Morgan fingerprint density at radius 1 is 1.21 bits per heavy atom. The Morgan fingerprint density at radius 2 is 2.03 bits per heavy atom. The van der Waals surface area contributed by atoms with E-state index in [0.29, 0.717) is 25.2 Å². The SMILES string of the molecule is COCC(=O)N1C[C@H]2CN(C(=O)c3cncc(C)c3)C[C@H]2[C@@H]1c1cccc(F)c1. The molecule has 6 nitrogen and oxygen atoms in total. The van der Waals surface area contributed by atoms with Crippen LogP contribution in [0.2, 0.25) is 0 Å². The molecule has 4 rings (SSSR count). The average molecular weight is 397 g/mol. The number of benzene rings is 1. The van der Waals surface area contributed by atoms with Crippen molar-refractivity contribution in [2.45, 2.75) is 13.0 Å². The lowest BCUT2D eigenvalue weighted by Gasteiger charge is -2.30. The van der Waals surface area contributed by atoms with Crippen LogP contribution in [0.25, 0.3) is 0 Å². The zero-order valence-electron chi connectivity index (χ0n) is 16.5. The normalized spacial score (nSPS) is 23.3. The van der Waals surface area contributed by atoms with Crippen molar-refractivity contribution in [2.24, 2.45) is 11.8 Å². The molecule has 2 aliphatic rings. The van der Waals surface area contributed by atoms with E-state index in [0.717, 1.165) is 11.1 Å². The Bertz CT molecular complexity index is 935. The number of likely N-dealkylation sites (tertiary alicyclic amines) is 2. The fourth-order valence-electron chi connectivity index (χ4n) is 4.65. The van der Waals surface area contributed by atoms with Gasteiger partial charge in [0.25, 0.3) is 5.91 Å². The molecule has 0 spiro atoms. The van der Waals surface area contributed by atoms with E-state index in [2.05, 4.69) is 4.98 Å². The Kier molecular flexibility index (Phi) is 5.32. The minimum Gasteiger partial charge on any atom is -0.375 e. The van der Waals surface area contributed by atoms with Crippen molar-refractivity contribution in [1.29, 1.82) is 0 Å². The summed E-state index contributed by atoms with van der Waals surface area (Å²) in [6.07, 6.45) is 3.30. The van der Waals surface area contributed by atoms with Gasteiger partial charge >= 0.3 is 0 Å². The van der Waals surface area contributed by atoms with Crippen molar-refractivity contribution >= 4 is 11.8 Å². The van der Waals surface area contributed by atoms with Crippen molar-refractivity contribution in [1.82, 2.24) is 14.8 Å². The average Bonchev–Trinajstić information content (AvgIpc) is 3.25. The molecule has 3 atom stereocenters. The van der Waals surface area contributed by atoms with E-state index in [-0.39, 0.29) is 42.1 Å². The van der Waals surface area contributed by atoms with Gasteiger partial charge in [-0.2, -0.15) is 0 Å². The fourth-order valence-corrected chi connectivity index (χ4v) is 4.65. The molecular formula is C22H24FN3O3. The first-order valence-electron chi connectivity index (χ1n) is 9.72. The van der Waals surface area contributed by atoms with E-state index in [9.17, 15) is 14.0 Å². The standard InChI is InChI=1S/C22H24FN3O3/c1-14-6-16(9-24-8-14)22(28)25-10-17-11-26(20(27)13-29-2)21(19(17)12-25)15-4-3-5-18(23)7-15/h3-9,17,19,21H,10-13H2,1-2H3/t17-,19-,21+/m1/s1. The number of rotatable bonds is 4. The fraction of sp³-hybridized carbons (Fsp3) is 0.409. The second-order valence-corrected chi connectivity index (χ2v) is 7.86. The van der Waals surface area contributed by atoms with Crippen LogP contribution in [-0.4, -0.2) is 59.9 Å². The summed E-state index contributed by atoms with van der Waals surface area (Å²) in [7, 11) is 1.49. The minimum absolute atomic E-state index is 0.0110. The van der Waals surface area contributed by atoms with Gasteiger partial charge in [0.2, 0.25) is 5.91 Å². The summed E-state index contributed by atoms with van der Waals surface area (Å²) in [6, 6.07) is 7.95. The van der Waals surface area contributed by atoms with Gasteiger partial charge in [0.1, 0.15) is 12.4 Å². The van der Waals surface area contributed by atoms with Crippen LogP contribution < -0.4 is 0 Å². The molecule has 3 heterocycles. The second kappa shape index (κ2) is 7.91. The molecule has 0 N–H and O–H groups in total. The Hall–Kier alpha value is -2.80. The summed E-state index contributed by atoms with van der Waals surface area (Å²) in [5, 5.41) is 0. The lowest BCUT2D eigenvalue weighted by Crippen LogP contribution is -2.39. The third kappa shape index (κ3) is 3.74. The Balaban J connectivity index is 1.60. The number of fused-ring (bicyclic) bond motifs is 1. The van der Waals surface area contributed by atoms with Crippen LogP contribution in [0.4, 0.5) is 4.39 Å². The number of nitrogens with zero attached hydrogens (tertiary/aromatic N) is 3. The number of carbonyl (C=O) groups excluding carboxylic acids is 2. The molecule has 0 bridgehead atoms. The first kappa shape index (κ1) is 19.5. The predicted molar refractivity (Wildman–Crippen MR) is 105 cm³/mol. The third-order valence-corrected chi connectivity index (χ3v) is 5.85. The van der Waals surface area contributed by atoms with Crippen LogP contribution in [0.1, 0.15) is 27.5 Å². The highest BCUT2D eigenvalue weighted by molar-refractivity contribution is 5.94. The van der Waals surface area contributed by atoms with Crippen LogP contribution >= 0.6 is 0 Å². The molecule has 2 aliphatic heterocycles. The number of ether oxygens (including phenoxy) is 1. The number of aromatic nitrogens is 1. The van der Waals surface area contributed by atoms with E-state index >= 15 is 0 Å². The summed E-state index contributed by atoms with van der Waals surface area (Å²) in [5.41, 5.74) is 2.26. The van der Waals surface area contributed by atoms with E-state index in [4.69, 9.17) is 4.74 Å². The number of hydrogen-bond acceptors (Lipinski definition) is 4. The van der Waals surface area contributed by atoms with Crippen molar-refractivity contribution in [3.05, 3.63) is 65.2 Å². The monoisotopic (exact) mass is 397 g/mol. The lowest BCUT2D eigenvalue weighted by molar-refractivity contribution is -0.136. The van der Waals surface area contributed by atoms with E-state index < -0.39 is 0 Å². The van der Waals surface area contributed by atoms with Crippen LogP contribution in [0.5, 0.6) is 0 Å². The van der Waals surface area contributed by atoms with Crippen molar-refractivity contribution in [3.63, 3.8) is 0 Å². The molecule has 29 heavy (non-hydrogen) atoms. The summed E-state index contributed by atoms with van der Waals surface area (Å²) in [6.45, 7) is 3.52. The molecule has 0 radical (unpaired) electrons. The molecular weight excluding hydrogens is 373 g/mol. The van der Waals surface area contributed by atoms with Crippen LogP contribution in [0.15, 0.2) is 42.7 Å². The van der Waals surface area contributed by atoms with Crippen molar-refractivity contribution < 1.29 is 18.7 Å². The quantitative estimate of drug-likeness (QED) is 0.795. The van der Waals surface area contributed by atoms with E-state index in [1.165, 1.54) is 19.2 Å². The summed E-state index contributed by atoms with van der Waals surface area (Å²) in [4.78, 5) is 33.3. The highest BCUT2D eigenvalue weighted by atomic mass is 19.1. The van der Waals surface area contributed by atoms with Gasteiger partial charge in [0.15, 0.2) is 0 Å². The van der Waals surface area contributed by atoms with E-state index in [1.807, 2.05) is 24.0 Å². The third-order valence-electron chi connectivity index (χ3n) is 5.85. The Labute approximate surface area is 169 Å². The topological polar surface area (TPSA) is 62.7 Å². The number of aryl methyl sites for hydroxylation is 1. The highest BCUT2D eigenvalue weighted by Gasteiger charge is 2.50. The van der Waals surface area contributed by atoms with Gasteiger partial charge in [-0.05, 0) is 36.2 Å². The molecule has 1 aromatic carbocycles. The number of methoxy groups -OCH3 is 1. The molecule has 2 saturated heterocycles. The zero-order chi connectivity index (χ0) is 20.5. The van der Waals surface area contributed by atoms with Crippen LogP contribution in [0.3, 0.4) is 0 Å². The maximum atomic E-state index is 13.9. The van der Waals surface area contributed by atoms with Crippen molar-refractivity contribution in [2.75, 3.05) is 33.4 Å². The van der Waals surface area contributed by atoms with Crippen LogP contribution in [-0.2, 0) is 9.53 Å². The largest absolute Gasteiger partial charge is 0.375 e. The number of amides is 2. The lowest BCUT2D eigenvalue weighted by atomic mass is 9.89. The maximum Gasteiger partial charge on any atom is 0.255 e. The number of pyridine rings is 1. The smallest absolute Gasteiger partial charge is 0.255 e. The zero-order valence-corrected chi connectivity index (χ0v) is 16.5. The Morgan fingerprint density at radius 3 is 2.76 bits per heavy atom. The summed E-state index contributed by atoms with van der Waals surface area (Å²) in [5.74, 6) is -0.299. The molecule has 0 unspecified atom stereocenters. The van der Waals surface area contributed by atoms with Crippen LogP contribution in [0, 0.1) is 24.6 Å². The van der Waals surface area contributed by atoms with Gasteiger partial charge in [-0.25, -0.2) is 4.39 Å². The number of hydrogen-bond donors (Lipinski definition) is 0. The molecule has 7 heteroatoms. The number of halogens is 1. The molecule has 0 saturated carbocycles. The van der Waals surface area contributed by atoms with Gasteiger partial charge in [0, 0.05) is 51.0 Å². The number of carbonyl (C=O) groups is 2. The summed E-state index contributed by atoms with van der Waals surface area (Å²) >= 11 is 0. The van der Waals surface area contributed by atoms with E-state index in [1.54, 1.807) is 23.4 Å². The maximum absolute atomic E-state index is 13.9. The second-order valence-electron chi connectivity index (χ2n) is 7.86. The van der Waals surface area contributed by atoms with Gasteiger partial charge in [-0.3, -0.25) is 14.6 Å². The van der Waals surface area contributed by atoms with Gasteiger partial charge < -0.3 is 14.5 Å². The molecule has 2 aromatic rings. The highest BCUT2D eigenvalue weighted by Crippen LogP contribution is 2.45. The van der Waals surface area contributed by atoms with Gasteiger partial charge in [-0.1, -0.05) is 12.1 Å². The molecule has 2 fully saturated rings. The molecule has 152 valence electrons. The summed E-state index contributed by atoms with van der Waals surface area (Å²) < 4.78 is 18.9. The van der Waals surface area contributed by atoms with Gasteiger partial charge in [0.05, 0.1) is 11.6 Å². The first-order chi connectivity index (χ1) is 14.0. The minimum atomic E-state index is -0.332. The first-order valence-corrected chi connectivity index (χ1v) is 9.72. The molecule has 0 aliphatic carbocycles. The van der Waals surface area contributed by atoms with Gasteiger partial charge in [-0.15, -0.1) is 0 Å².